The molecule has 0 spiro atoms. The smallest absolute Gasteiger partial charge is 0.426 e. The fourth-order valence-electron chi connectivity index (χ4n) is 1.77. The van der Waals surface area contributed by atoms with Gasteiger partial charge >= 0.3 is 12.1 Å². The molecule has 23 heavy (non-hydrogen) atoms. The summed E-state index contributed by atoms with van der Waals surface area (Å²) >= 11 is 0. The third kappa shape index (κ3) is 7.00. The van der Waals surface area contributed by atoms with Crippen molar-refractivity contribution in [3.63, 3.8) is 0 Å². The number of hydrogen-bond donors (Lipinski definition) is 1. The first-order chi connectivity index (χ1) is 10.5. The van der Waals surface area contributed by atoms with Crippen LogP contribution < -0.4 is 0 Å². The predicted octanol–water partition coefficient (Wildman–Crippen LogP) is 3.00. The second kappa shape index (κ2) is 7.78. The maximum Gasteiger partial charge on any atom is 0.426 e. The Labute approximate surface area is 132 Å². The summed E-state index contributed by atoms with van der Waals surface area (Å²) in [4.78, 5) is 11.7. The molecular weight excluding hydrogens is 337 g/mol. The minimum Gasteiger partial charge on any atom is -0.448 e. The molecule has 0 saturated heterocycles. The molecule has 1 aromatic carbocycles. The van der Waals surface area contributed by atoms with E-state index in [9.17, 15) is 26.4 Å². The van der Waals surface area contributed by atoms with Gasteiger partial charge in [0.25, 0.3) is 10.1 Å². The summed E-state index contributed by atoms with van der Waals surface area (Å²) in [7, 11) is -4.95. The maximum atomic E-state index is 12.7. The van der Waals surface area contributed by atoms with Crippen molar-refractivity contribution in [1.82, 2.24) is 0 Å². The van der Waals surface area contributed by atoms with Crippen LogP contribution in [0.1, 0.15) is 35.7 Å². The Morgan fingerprint density at radius 3 is 2.26 bits per heavy atom. The van der Waals surface area contributed by atoms with Crippen LogP contribution in [0.15, 0.2) is 24.3 Å². The van der Waals surface area contributed by atoms with Gasteiger partial charge in [-0.05, 0) is 30.5 Å². The number of unbranched alkanes of at least 4 members (excludes halogenated alkanes) is 1. The molecule has 130 valence electrons. The lowest BCUT2D eigenvalue weighted by atomic mass is 10.1. The van der Waals surface area contributed by atoms with E-state index in [1.807, 2.05) is 6.92 Å². The fourth-order valence-corrected chi connectivity index (χ4v) is 2.41. The number of alkyl halides is 3. The Morgan fingerprint density at radius 1 is 1.26 bits per heavy atom. The number of rotatable bonds is 7. The largest absolute Gasteiger partial charge is 0.448 e. The number of carbonyl (C=O) groups excluding carboxylic acids is 1. The van der Waals surface area contributed by atoms with Crippen molar-refractivity contribution < 1.29 is 35.7 Å². The van der Waals surface area contributed by atoms with Gasteiger partial charge in [0.15, 0.2) is 0 Å². The van der Waals surface area contributed by atoms with Gasteiger partial charge in [0.05, 0.1) is 5.56 Å². The maximum absolute atomic E-state index is 12.7. The summed E-state index contributed by atoms with van der Waals surface area (Å²) in [6, 6.07) is 5.82. The summed E-state index contributed by atoms with van der Waals surface area (Å²) < 4.78 is 72.0. The normalized spacial score (nSPS) is 13.6. The van der Waals surface area contributed by atoms with Crippen molar-refractivity contribution >= 4 is 16.1 Å². The molecule has 0 aliphatic rings. The third-order valence-electron chi connectivity index (χ3n) is 2.99. The van der Waals surface area contributed by atoms with Crippen LogP contribution in [0.4, 0.5) is 13.2 Å². The van der Waals surface area contributed by atoms with Gasteiger partial charge in [0.2, 0.25) is 6.10 Å². The van der Waals surface area contributed by atoms with Crippen LogP contribution in [0.25, 0.3) is 0 Å². The number of esters is 1. The van der Waals surface area contributed by atoms with Crippen molar-refractivity contribution in [2.24, 2.45) is 0 Å². The monoisotopic (exact) mass is 354 g/mol. The van der Waals surface area contributed by atoms with E-state index in [4.69, 9.17) is 4.55 Å². The first-order valence-electron chi connectivity index (χ1n) is 6.84. The zero-order valence-corrected chi connectivity index (χ0v) is 13.2. The molecule has 0 saturated carbocycles. The number of benzene rings is 1. The van der Waals surface area contributed by atoms with Gasteiger partial charge in [-0.2, -0.15) is 21.6 Å². The second-order valence-electron chi connectivity index (χ2n) is 4.98. The Hall–Kier alpha value is -1.61. The van der Waals surface area contributed by atoms with Gasteiger partial charge in [0, 0.05) is 0 Å². The van der Waals surface area contributed by atoms with Crippen LogP contribution in [0.5, 0.6) is 0 Å². The molecule has 1 N–H and O–H groups in total. The topological polar surface area (TPSA) is 80.7 Å². The molecule has 5 nitrogen and oxygen atoms in total. The zero-order valence-electron chi connectivity index (χ0n) is 12.3. The first kappa shape index (κ1) is 19.4. The van der Waals surface area contributed by atoms with Crippen LogP contribution in [0, 0.1) is 0 Å². The van der Waals surface area contributed by atoms with Crippen LogP contribution >= 0.6 is 0 Å². The highest BCUT2D eigenvalue weighted by atomic mass is 32.2. The molecule has 9 heteroatoms. The predicted molar refractivity (Wildman–Crippen MR) is 76.7 cm³/mol. The van der Waals surface area contributed by atoms with Crippen molar-refractivity contribution in [3.8, 4) is 0 Å². The molecule has 1 aromatic rings. The number of ether oxygens (including phenoxy) is 1. The number of aryl methyl sites for hydroxylation is 1. The Morgan fingerprint density at radius 2 is 1.83 bits per heavy atom. The van der Waals surface area contributed by atoms with E-state index in [1.54, 1.807) is 12.1 Å². The van der Waals surface area contributed by atoms with Crippen LogP contribution in [-0.2, 0) is 21.3 Å². The molecule has 0 aliphatic carbocycles. The minimum atomic E-state index is -5.10. The van der Waals surface area contributed by atoms with E-state index >= 15 is 0 Å². The minimum absolute atomic E-state index is 0.130. The molecule has 1 unspecified atom stereocenters. The number of halogens is 3. The molecule has 0 radical (unpaired) electrons. The Kier molecular flexibility index (Phi) is 6.57. The van der Waals surface area contributed by atoms with Gasteiger partial charge in [-0.3, -0.25) is 4.55 Å². The molecular formula is C14H17F3O5S. The summed E-state index contributed by atoms with van der Waals surface area (Å²) in [6.07, 6.45) is -5.34. The van der Waals surface area contributed by atoms with Crippen LogP contribution in [0.3, 0.4) is 0 Å². The van der Waals surface area contributed by atoms with E-state index in [1.165, 1.54) is 12.1 Å². The zero-order chi connectivity index (χ0) is 17.7. The lowest BCUT2D eigenvalue weighted by Gasteiger charge is -2.19. The van der Waals surface area contributed by atoms with E-state index in [0.29, 0.717) is 0 Å². The Balaban J connectivity index is 2.82. The van der Waals surface area contributed by atoms with Gasteiger partial charge in [-0.15, -0.1) is 0 Å². The molecule has 0 fully saturated rings. The van der Waals surface area contributed by atoms with Gasteiger partial charge in [-0.1, -0.05) is 25.5 Å². The SMILES string of the molecule is CCCCc1ccc(C(=O)OC(CS(=O)(=O)O)C(F)(F)F)cc1. The Bertz CT molecular complexity index is 623. The van der Waals surface area contributed by atoms with E-state index in [0.717, 1.165) is 24.8 Å². The summed E-state index contributed by atoms with van der Waals surface area (Å²) in [5.74, 6) is -3.05. The first-order valence-corrected chi connectivity index (χ1v) is 8.45. The number of carbonyl (C=O) groups is 1. The lowest BCUT2D eigenvalue weighted by molar-refractivity contribution is -0.197. The van der Waals surface area contributed by atoms with Crippen molar-refractivity contribution in [3.05, 3.63) is 35.4 Å². The van der Waals surface area contributed by atoms with Crippen LogP contribution in [-0.4, -0.2) is 37.0 Å². The van der Waals surface area contributed by atoms with Gasteiger partial charge in [-0.25, -0.2) is 4.79 Å². The highest BCUT2D eigenvalue weighted by Gasteiger charge is 2.45. The molecule has 0 amide bonds. The summed E-state index contributed by atoms with van der Waals surface area (Å²) in [5, 5.41) is 0. The molecule has 1 atom stereocenters. The van der Waals surface area contributed by atoms with Gasteiger partial charge in [0.1, 0.15) is 5.75 Å². The van der Waals surface area contributed by atoms with Gasteiger partial charge < -0.3 is 4.74 Å². The summed E-state index contributed by atoms with van der Waals surface area (Å²) in [5.41, 5.74) is 0.795. The van der Waals surface area contributed by atoms with Crippen molar-refractivity contribution in [2.75, 3.05) is 5.75 Å². The average molecular weight is 354 g/mol. The molecule has 0 bridgehead atoms. The highest BCUT2D eigenvalue weighted by molar-refractivity contribution is 7.85. The van der Waals surface area contributed by atoms with Crippen LogP contribution in [0.2, 0.25) is 0 Å². The summed E-state index contributed by atoms with van der Waals surface area (Å²) in [6.45, 7) is 2.01. The molecule has 0 aromatic heterocycles. The standard InChI is InChI=1S/C14H17F3O5S/c1-2-3-4-10-5-7-11(8-6-10)13(18)22-12(14(15,16)17)9-23(19,20)21/h5-8,12H,2-4,9H2,1H3,(H,19,20,21). The van der Waals surface area contributed by atoms with Crippen molar-refractivity contribution in [1.29, 1.82) is 0 Å². The lowest BCUT2D eigenvalue weighted by Crippen LogP contribution is -2.39. The quantitative estimate of drug-likeness (QED) is 0.601. The third-order valence-corrected chi connectivity index (χ3v) is 3.71. The second-order valence-corrected chi connectivity index (χ2v) is 6.48. The average Bonchev–Trinajstić information content (AvgIpc) is 2.42. The van der Waals surface area contributed by atoms with Crippen molar-refractivity contribution in [2.45, 2.75) is 38.5 Å². The van der Waals surface area contributed by atoms with E-state index in [2.05, 4.69) is 4.74 Å². The molecule has 0 aliphatic heterocycles. The molecule has 0 heterocycles. The van der Waals surface area contributed by atoms with E-state index < -0.39 is 34.1 Å². The number of hydrogen-bond acceptors (Lipinski definition) is 4. The molecule has 1 rings (SSSR count). The highest BCUT2D eigenvalue weighted by Crippen LogP contribution is 2.25. The van der Waals surface area contributed by atoms with E-state index in [-0.39, 0.29) is 5.56 Å². The fraction of sp³-hybridized carbons (Fsp3) is 0.500.